The summed E-state index contributed by atoms with van der Waals surface area (Å²) in [7, 11) is -4.17. The molecule has 11 heteroatoms. The van der Waals surface area contributed by atoms with Gasteiger partial charge in [0.2, 0.25) is 0 Å². The van der Waals surface area contributed by atoms with Crippen LogP contribution in [0.25, 0.3) is 0 Å². The monoisotopic (exact) mass is 477 g/mol. The van der Waals surface area contributed by atoms with Crippen molar-refractivity contribution in [1.82, 2.24) is 9.78 Å². The number of nitro benzene ring substituents is 1. The lowest BCUT2D eigenvalue weighted by Crippen LogP contribution is -2.18. The summed E-state index contributed by atoms with van der Waals surface area (Å²) in [4.78, 5) is 22.9. The average Bonchev–Trinajstić information content (AvgIpc) is 3.33. The number of sulfonamides is 1. The number of nitrogens with zero attached hydrogens (tertiary/aromatic N) is 3. The van der Waals surface area contributed by atoms with Crippen LogP contribution in [0.2, 0.25) is 0 Å². The Morgan fingerprint density at radius 3 is 2.47 bits per heavy atom. The molecule has 0 fully saturated rings. The Kier molecular flexibility index (Phi) is 6.37. The van der Waals surface area contributed by atoms with Crippen LogP contribution in [0.3, 0.4) is 0 Å². The number of anilines is 2. The first-order valence-electron chi connectivity index (χ1n) is 10.1. The van der Waals surface area contributed by atoms with Gasteiger partial charge >= 0.3 is 0 Å². The van der Waals surface area contributed by atoms with Gasteiger partial charge in [-0.25, -0.2) is 8.42 Å². The van der Waals surface area contributed by atoms with Crippen molar-refractivity contribution in [3.8, 4) is 0 Å². The van der Waals surface area contributed by atoms with Crippen LogP contribution in [0.15, 0.2) is 96.2 Å². The second-order valence-electron chi connectivity index (χ2n) is 7.26. The molecule has 1 aromatic heterocycles. The fourth-order valence-electron chi connectivity index (χ4n) is 3.21. The van der Waals surface area contributed by atoms with Gasteiger partial charge < -0.3 is 5.32 Å². The minimum atomic E-state index is -4.17. The smallest absolute Gasteiger partial charge is 0.270 e. The zero-order valence-corrected chi connectivity index (χ0v) is 18.5. The Bertz CT molecular complexity index is 1430. The van der Waals surface area contributed by atoms with Crippen LogP contribution in [-0.4, -0.2) is 29.0 Å². The van der Waals surface area contributed by atoms with E-state index in [1.165, 1.54) is 30.3 Å². The second kappa shape index (κ2) is 9.55. The number of amides is 1. The van der Waals surface area contributed by atoms with E-state index < -0.39 is 20.9 Å². The van der Waals surface area contributed by atoms with Crippen molar-refractivity contribution >= 4 is 33.0 Å². The van der Waals surface area contributed by atoms with Gasteiger partial charge in [0.25, 0.3) is 21.6 Å². The summed E-state index contributed by atoms with van der Waals surface area (Å²) in [5, 5.41) is 17.9. The number of rotatable bonds is 8. The molecule has 0 aliphatic carbocycles. The second-order valence-corrected chi connectivity index (χ2v) is 8.94. The van der Waals surface area contributed by atoms with Gasteiger partial charge in [-0.15, -0.1) is 0 Å². The van der Waals surface area contributed by atoms with Crippen molar-refractivity contribution in [2.24, 2.45) is 0 Å². The Labute approximate surface area is 195 Å². The molecular formula is C23H19N5O5S. The highest BCUT2D eigenvalue weighted by Crippen LogP contribution is 2.24. The minimum absolute atomic E-state index is 0.0433. The first-order chi connectivity index (χ1) is 16.3. The fraction of sp³-hybridized carbons (Fsp3) is 0.0435. The summed E-state index contributed by atoms with van der Waals surface area (Å²) >= 11 is 0. The molecule has 4 aromatic rings. The van der Waals surface area contributed by atoms with Gasteiger partial charge in [0.05, 0.1) is 27.6 Å². The van der Waals surface area contributed by atoms with Crippen LogP contribution in [0, 0.1) is 10.1 Å². The number of nitro groups is 1. The maximum atomic E-state index is 12.9. The van der Waals surface area contributed by atoms with Gasteiger partial charge in [0.15, 0.2) is 0 Å². The highest BCUT2D eigenvalue weighted by Gasteiger charge is 2.21. The molecule has 0 saturated heterocycles. The molecule has 0 radical (unpaired) electrons. The van der Waals surface area contributed by atoms with Crippen molar-refractivity contribution in [3.63, 3.8) is 0 Å². The first kappa shape index (κ1) is 22.7. The topological polar surface area (TPSA) is 136 Å². The number of nitrogens with one attached hydrogen (secondary N) is 2. The third-order valence-corrected chi connectivity index (χ3v) is 6.23. The molecule has 0 spiro atoms. The molecule has 0 bridgehead atoms. The maximum Gasteiger partial charge on any atom is 0.270 e. The van der Waals surface area contributed by atoms with E-state index in [9.17, 15) is 23.3 Å². The molecular weight excluding hydrogens is 458 g/mol. The SMILES string of the molecule is O=C(Nc1ccc(Cn2cccn2)cc1)c1ccccc1NS(=O)(=O)c1cccc([N+](=O)[O-])c1. The van der Waals surface area contributed by atoms with Crippen LogP contribution in [0.4, 0.5) is 17.1 Å². The molecule has 1 amide bonds. The van der Waals surface area contributed by atoms with E-state index in [4.69, 9.17) is 0 Å². The van der Waals surface area contributed by atoms with E-state index in [1.54, 1.807) is 35.1 Å². The van der Waals surface area contributed by atoms with Gasteiger partial charge in [0.1, 0.15) is 0 Å². The molecule has 4 rings (SSSR count). The fourth-order valence-corrected chi connectivity index (χ4v) is 4.33. The highest BCUT2D eigenvalue weighted by molar-refractivity contribution is 7.92. The molecule has 172 valence electrons. The molecule has 0 saturated carbocycles. The number of carbonyl (C=O) groups excluding carboxylic acids is 1. The van der Waals surface area contributed by atoms with Crippen LogP contribution in [0.1, 0.15) is 15.9 Å². The molecule has 0 aliphatic rings. The first-order valence-corrected chi connectivity index (χ1v) is 11.5. The van der Waals surface area contributed by atoms with E-state index >= 15 is 0 Å². The molecule has 3 aromatic carbocycles. The molecule has 0 aliphatic heterocycles. The number of para-hydroxylation sites is 1. The number of benzene rings is 3. The third kappa shape index (κ3) is 5.27. The van der Waals surface area contributed by atoms with Crippen LogP contribution >= 0.6 is 0 Å². The Morgan fingerprint density at radius 2 is 1.76 bits per heavy atom. The van der Waals surface area contributed by atoms with Crippen molar-refractivity contribution in [3.05, 3.63) is 112 Å². The predicted molar refractivity (Wildman–Crippen MR) is 126 cm³/mol. The highest BCUT2D eigenvalue weighted by atomic mass is 32.2. The van der Waals surface area contributed by atoms with E-state index in [0.29, 0.717) is 12.2 Å². The van der Waals surface area contributed by atoms with Crippen molar-refractivity contribution in [2.45, 2.75) is 11.4 Å². The van der Waals surface area contributed by atoms with E-state index in [-0.39, 0.29) is 21.8 Å². The molecule has 1 heterocycles. The van der Waals surface area contributed by atoms with Gasteiger partial charge in [-0.3, -0.25) is 24.3 Å². The lowest BCUT2D eigenvalue weighted by molar-refractivity contribution is -0.385. The summed E-state index contributed by atoms with van der Waals surface area (Å²) in [6.45, 7) is 0.587. The van der Waals surface area contributed by atoms with E-state index in [2.05, 4.69) is 15.1 Å². The molecule has 0 atom stereocenters. The van der Waals surface area contributed by atoms with Gasteiger partial charge in [-0.05, 0) is 42.0 Å². The van der Waals surface area contributed by atoms with Crippen LogP contribution < -0.4 is 10.0 Å². The van der Waals surface area contributed by atoms with Crippen LogP contribution in [0.5, 0.6) is 0 Å². The zero-order chi connectivity index (χ0) is 24.1. The normalized spacial score (nSPS) is 11.1. The van der Waals surface area contributed by atoms with Gasteiger partial charge in [0, 0.05) is 30.2 Å². The minimum Gasteiger partial charge on any atom is -0.322 e. The number of non-ortho nitro benzene ring substituents is 1. The Hall–Kier alpha value is -4.51. The maximum absolute atomic E-state index is 12.9. The van der Waals surface area contributed by atoms with Crippen molar-refractivity contribution in [2.75, 3.05) is 10.0 Å². The van der Waals surface area contributed by atoms with Crippen molar-refractivity contribution in [1.29, 1.82) is 0 Å². The largest absolute Gasteiger partial charge is 0.322 e. The molecule has 10 nitrogen and oxygen atoms in total. The Balaban J connectivity index is 1.51. The number of carbonyl (C=O) groups is 1. The molecule has 34 heavy (non-hydrogen) atoms. The van der Waals surface area contributed by atoms with Crippen LogP contribution in [-0.2, 0) is 16.6 Å². The average molecular weight is 478 g/mol. The van der Waals surface area contributed by atoms with Crippen molar-refractivity contribution < 1.29 is 18.1 Å². The van der Waals surface area contributed by atoms with Gasteiger partial charge in [-0.2, -0.15) is 5.10 Å². The zero-order valence-electron chi connectivity index (χ0n) is 17.7. The third-order valence-electron chi connectivity index (χ3n) is 4.87. The standard InChI is InChI=1S/C23H19N5O5S/c29-23(25-18-11-9-17(10-12-18)16-27-14-4-13-24-27)21-7-1-2-8-22(21)26-34(32,33)20-6-3-5-19(15-20)28(30)31/h1-15,26H,16H2,(H,25,29). The molecule has 2 N–H and O–H groups in total. The number of aromatic nitrogens is 2. The quantitative estimate of drug-likeness (QED) is 0.292. The number of hydrogen-bond donors (Lipinski definition) is 2. The van der Waals surface area contributed by atoms with E-state index in [1.807, 2.05) is 24.4 Å². The summed E-state index contributed by atoms with van der Waals surface area (Å²) in [6, 6.07) is 19.8. The summed E-state index contributed by atoms with van der Waals surface area (Å²) in [5.41, 5.74) is 1.31. The summed E-state index contributed by atoms with van der Waals surface area (Å²) in [5.74, 6) is -0.517. The predicted octanol–water partition coefficient (Wildman–Crippen LogP) is 3.89. The Morgan fingerprint density at radius 1 is 1.00 bits per heavy atom. The number of hydrogen-bond acceptors (Lipinski definition) is 6. The summed E-state index contributed by atoms with van der Waals surface area (Å²) in [6.07, 6.45) is 3.54. The summed E-state index contributed by atoms with van der Waals surface area (Å²) < 4.78 is 29.7. The lowest BCUT2D eigenvalue weighted by atomic mass is 10.1. The lowest BCUT2D eigenvalue weighted by Gasteiger charge is -2.13. The van der Waals surface area contributed by atoms with Gasteiger partial charge in [-0.1, -0.05) is 30.3 Å². The molecule has 0 unspecified atom stereocenters. The van der Waals surface area contributed by atoms with E-state index in [0.717, 1.165) is 11.6 Å².